The van der Waals surface area contributed by atoms with Crippen LogP contribution in [0.2, 0.25) is 0 Å². The second kappa shape index (κ2) is 4.99. The lowest BCUT2D eigenvalue weighted by molar-refractivity contribution is -0.358. The van der Waals surface area contributed by atoms with E-state index in [1.807, 2.05) is 0 Å². The van der Waals surface area contributed by atoms with Gasteiger partial charge in [0.15, 0.2) is 0 Å². The SMILES string of the molecule is OC(CC(F)(F)C(F)(F)C(F)(F)F)c1ccccc1. The molecule has 0 spiro atoms. The average molecular weight is 290 g/mol. The van der Waals surface area contributed by atoms with Gasteiger partial charge in [0.2, 0.25) is 0 Å². The molecule has 1 unspecified atom stereocenters. The minimum Gasteiger partial charge on any atom is -0.388 e. The van der Waals surface area contributed by atoms with Crippen LogP contribution in [0.5, 0.6) is 0 Å². The van der Waals surface area contributed by atoms with Crippen LogP contribution in [-0.4, -0.2) is 23.1 Å². The van der Waals surface area contributed by atoms with Gasteiger partial charge in [-0.15, -0.1) is 0 Å². The first-order valence-corrected chi connectivity index (χ1v) is 5.04. The van der Waals surface area contributed by atoms with Crippen LogP contribution in [-0.2, 0) is 0 Å². The molecule has 1 aromatic rings. The predicted molar refractivity (Wildman–Crippen MR) is 52.0 cm³/mol. The van der Waals surface area contributed by atoms with Crippen molar-refractivity contribution in [1.29, 1.82) is 0 Å². The van der Waals surface area contributed by atoms with Gasteiger partial charge in [-0.05, 0) is 5.56 Å². The van der Waals surface area contributed by atoms with Crippen LogP contribution in [0.15, 0.2) is 30.3 Å². The van der Waals surface area contributed by atoms with Crippen LogP contribution in [0, 0.1) is 0 Å². The summed E-state index contributed by atoms with van der Waals surface area (Å²) in [4.78, 5) is 0. The van der Waals surface area contributed by atoms with Crippen molar-refractivity contribution in [3.05, 3.63) is 35.9 Å². The van der Waals surface area contributed by atoms with Crippen molar-refractivity contribution in [1.82, 2.24) is 0 Å². The number of benzene rings is 1. The standard InChI is InChI=1S/C11H9F7O/c12-9(13,10(14,15)11(16,17)18)6-8(19)7-4-2-1-3-5-7/h1-5,8,19H,6H2. The number of halogens is 7. The minimum atomic E-state index is -6.38. The van der Waals surface area contributed by atoms with E-state index in [0.717, 1.165) is 12.1 Å². The summed E-state index contributed by atoms with van der Waals surface area (Å²) in [6.07, 6.45) is -10.5. The molecule has 0 bridgehead atoms. The maximum Gasteiger partial charge on any atom is 0.459 e. The zero-order chi connectivity index (χ0) is 14.9. The third-order valence-electron chi connectivity index (χ3n) is 2.45. The van der Waals surface area contributed by atoms with Crippen molar-refractivity contribution >= 4 is 0 Å². The summed E-state index contributed by atoms with van der Waals surface area (Å²) in [6.45, 7) is 0. The first-order chi connectivity index (χ1) is 8.49. The smallest absolute Gasteiger partial charge is 0.388 e. The van der Waals surface area contributed by atoms with Gasteiger partial charge >= 0.3 is 18.0 Å². The van der Waals surface area contributed by atoms with E-state index < -0.39 is 30.5 Å². The van der Waals surface area contributed by atoms with E-state index >= 15 is 0 Å². The lowest BCUT2D eigenvalue weighted by Crippen LogP contribution is -2.52. The van der Waals surface area contributed by atoms with Crippen LogP contribution >= 0.6 is 0 Å². The molecule has 0 aliphatic rings. The zero-order valence-electron chi connectivity index (χ0n) is 9.26. The Morgan fingerprint density at radius 2 is 1.37 bits per heavy atom. The Balaban J connectivity index is 2.91. The highest BCUT2D eigenvalue weighted by atomic mass is 19.4. The fourth-order valence-corrected chi connectivity index (χ4v) is 1.37. The van der Waals surface area contributed by atoms with Gasteiger partial charge < -0.3 is 5.11 Å². The second-order valence-electron chi connectivity index (χ2n) is 3.91. The van der Waals surface area contributed by atoms with Gasteiger partial charge in [-0.2, -0.15) is 30.7 Å². The van der Waals surface area contributed by atoms with E-state index in [0.29, 0.717) is 0 Å². The molecule has 1 nitrogen and oxygen atoms in total. The van der Waals surface area contributed by atoms with Crippen molar-refractivity contribution in [3.8, 4) is 0 Å². The summed E-state index contributed by atoms with van der Waals surface area (Å²) in [7, 11) is 0. The van der Waals surface area contributed by atoms with E-state index in [4.69, 9.17) is 0 Å². The highest BCUT2D eigenvalue weighted by Gasteiger charge is 2.72. The monoisotopic (exact) mass is 290 g/mol. The molecule has 0 aromatic heterocycles. The Morgan fingerprint density at radius 3 is 1.79 bits per heavy atom. The summed E-state index contributed by atoms with van der Waals surface area (Å²) in [6, 6.07) is 6.43. The molecule has 0 heterocycles. The van der Waals surface area contributed by atoms with Crippen molar-refractivity contribution in [2.45, 2.75) is 30.5 Å². The first-order valence-electron chi connectivity index (χ1n) is 5.04. The molecule has 19 heavy (non-hydrogen) atoms. The molecule has 0 aliphatic heterocycles. The third kappa shape index (κ3) is 3.17. The normalized spacial score (nSPS) is 15.4. The summed E-state index contributed by atoms with van der Waals surface area (Å²) >= 11 is 0. The second-order valence-corrected chi connectivity index (χ2v) is 3.91. The summed E-state index contributed by atoms with van der Waals surface area (Å²) < 4.78 is 86.8. The topological polar surface area (TPSA) is 20.2 Å². The molecule has 1 rings (SSSR count). The van der Waals surface area contributed by atoms with Gasteiger partial charge in [0.25, 0.3) is 0 Å². The molecule has 108 valence electrons. The van der Waals surface area contributed by atoms with Crippen LogP contribution < -0.4 is 0 Å². The number of hydrogen-bond donors (Lipinski definition) is 1. The Labute approximate surface area is 103 Å². The fraction of sp³-hybridized carbons (Fsp3) is 0.455. The molecule has 1 atom stereocenters. The molecule has 1 aromatic carbocycles. The summed E-state index contributed by atoms with van der Waals surface area (Å²) in [5.41, 5.74) is -0.167. The Hall–Kier alpha value is -1.31. The number of rotatable bonds is 4. The Morgan fingerprint density at radius 1 is 0.895 bits per heavy atom. The highest BCUT2D eigenvalue weighted by molar-refractivity contribution is 5.18. The van der Waals surface area contributed by atoms with Gasteiger partial charge in [-0.3, -0.25) is 0 Å². The van der Waals surface area contributed by atoms with Crippen molar-refractivity contribution in [2.24, 2.45) is 0 Å². The number of aliphatic hydroxyl groups is 1. The van der Waals surface area contributed by atoms with Crippen LogP contribution in [0.1, 0.15) is 18.1 Å². The van der Waals surface area contributed by atoms with Gasteiger partial charge in [-0.25, -0.2) is 0 Å². The largest absolute Gasteiger partial charge is 0.459 e. The number of alkyl halides is 7. The van der Waals surface area contributed by atoms with Crippen LogP contribution in [0.25, 0.3) is 0 Å². The van der Waals surface area contributed by atoms with Crippen molar-refractivity contribution in [2.75, 3.05) is 0 Å². The number of aliphatic hydroxyl groups excluding tert-OH is 1. The molecule has 0 amide bonds. The van der Waals surface area contributed by atoms with E-state index in [2.05, 4.69) is 0 Å². The lowest BCUT2D eigenvalue weighted by atomic mass is 9.99. The highest BCUT2D eigenvalue weighted by Crippen LogP contribution is 2.49. The molecule has 0 saturated heterocycles. The summed E-state index contributed by atoms with van der Waals surface area (Å²) in [5, 5.41) is 9.30. The number of hydrogen-bond acceptors (Lipinski definition) is 1. The summed E-state index contributed by atoms with van der Waals surface area (Å²) in [5.74, 6) is -11.6. The van der Waals surface area contributed by atoms with Crippen molar-refractivity contribution < 1.29 is 35.8 Å². The molecule has 1 N–H and O–H groups in total. The average Bonchev–Trinajstić information content (AvgIpc) is 2.28. The van der Waals surface area contributed by atoms with Crippen LogP contribution in [0.3, 0.4) is 0 Å². The zero-order valence-corrected chi connectivity index (χ0v) is 9.26. The van der Waals surface area contributed by atoms with E-state index in [1.54, 1.807) is 0 Å². The lowest BCUT2D eigenvalue weighted by Gasteiger charge is -2.29. The maximum absolute atomic E-state index is 13.0. The fourth-order valence-electron chi connectivity index (χ4n) is 1.37. The Kier molecular flexibility index (Phi) is 4.14. The Bertz CT molecular complexity index is 413. The molecule has 0 fully saturated rings. The van der Waals surface area contributed by atoms with Gasteiger partial charge in [0, 0.05) is 6.42 Å². The van der Waals surface area contributed by atoms with Gasteiger partial charge in [0.1, 0.15) is 0 Å². The van der Waals surface area contributed by atoms with E-state index in [9.17, 15) is 35.8 Å². The first kappa shape index (κ1) is 15.7. The molecule has 0 aliphatic carbocycles. The minimum absolute atomic E-state index is 0.167. The third-order valence-corrected chi connectivity index (χ3v) is 2.45. The molecular formula is C11H9F7O. The van der Waals surface area contributed by atoms with Gasteiger partial charge in [0.05, 0.1) is 6.10 Å². The quantitative estimate of drug-likeness (QED) is 0.833. The van der Waals surface area contributed by atoms with Crippen LogP contribution in [0.4, 0.5) is 30.7 Å². The van der Waals surface area contributed by atoms with Crippen molar-refractivity contribution in [3.63, 3.8) is 0 Å². The predicted octanol–water partition coefficient (Wildman–Crippen LogP) is 3.94. The van der Waals surface area contributed by atoms with E-state index in [1.165, 1.54) is 18.2 Å². The molecule has 0 saturated carbocycles. The molecular weight excluding hydrogens is 281 g/mol. The van der Waals surface area contributed by atoms with E-state index in [-0.39, 0.29) is 5.56 Å². The molecule has 8 heteroatoms. The van der Waals surface area contributed by atoms with Gasteiger partial charge in [-0.1, -0.05) is 30.3 Å². The maximum atomic E-state index is 13.0. The molecule has 0 radical (unpaired) electrons.